The lowest BCUT2D eigenvalue weighted by Gasteiger charge is -2.27. The molecular formula is C62H54N4. The maximum absolute atomic E-state index is 5.15. The lowest BCUT2D eigenvalue weighted by molar-refractivity contribution is 0.878. The van der Waals surface area contributed by atoms with Gasteiger partial charge in [0.2, 0.25) is 0 Å². The molecule has 322 valence electrons. The molecular weight excluding hydrogens is 801 g/mol. The predicted octanol–water partition coefficient (Wildman–Crippen LogP) is 16.9. The van der Waals surface area contributed by atoms with Gasteiger partial charge >= 0.3 is 0 Å². The van der Waals surface area contributed by atoms with Crippen molar-refractivity contribution in [2.45, 2.75) is 25.9 Å². The molecule has 2 atom stereocenters. The van der Waals surface area contributed by atoms with E-state index in [9.17, 15) is 0 Å². The van der Waals surface area contributed by atoms with Gasteiger partial charge < -0.3 is 9.80 Å². The van der Waals surface area contributed by atoms with E-state index in [0.29, 0.717) is 0 Å². The van der Waals surface area contributed by atoms with Crippen LogP contribution in [0.25, 0.3) is 11.1 Å². The highest BCUT2D eigenvalue weighted by atomic mass is 15.1. The van der Waals surface area contributed by atoms with Crippen molar-refractivity contribution in [2.75, 3.05) is 9.80 Å². The second-order valence-corrected chi connectivity index (χ2v) is 15.7. The van der Waals surface area contributed by atoms with E-state index in [4.69, 9.17) is 9.98 Å². The second kappa shape index (κ2) is 22.8. The third-order valence-electron chi connectivity index (χ3n) is 11.2. The molecule has 0 amide bonds. The highest BCUT2D eigenvalue weighted by Gasteiger charge is 2.19. The quantitative estimate of drug-likeness (QED) is 0.0675. The molecule has 0 aliphatic rings. The van der Waals surface area contributed by atoms with E-state index in [1.807, 2.05) is 81.0 Å². The first kappa shape index (κ1) is 44.3. The Balaban J connectivity index is 1.15. The molecule has 0 saturated heterocycles. The number of hydrogen-bond acceptors (Lipinski definition) is 4. The maximum Gasteiger partial charge on any atom is 0.0999 e. The van der Waals surface area contributed by atoms with E-state index in [2.05, 4.69) is 222 Å². The second-order valence-electron chi connectivity index (χ2n) is 15.7. The molecule has 8 rings (SSSR count). The van der Waals surface area contributed by atoms with Crippen LogP contribution in [0.3, 0.4) is 0 Å². The Hall–Kier alpha value is -8.34. The molecule has 0 spiro atoms. The van der Waals surface area contributed by atoms with Gasteiger partial charge in [-0.25, -0.2) is 0 Å². The van der Waals surface area contributed by atoms with Crippen LogP contribution in [0.1, 0.15) is 48.2 Å². The highest BCUT2D eigenvalue weighted by Crippen LogP contribution is 2.40. The van der Waals surface area contributed by atoms with Crippen molar-refractivity contribution in [3.05, 3.63) is 289 Å². The minimum absolute atomic E-state index is 0.146. The Kier molecular flexibility index (Phi) is 15.3. The molecule has 0 aliphatic heterocycles. The Morgan fingerprint density at radius 2 is 0.576 bits per heavy atom. The molecule has 0 aliphatic carbocycles. The van der Waals surface area contributed by atoms with Crippen LogP contribution in [0.2, 0.25) is 0 Å². The number of rotatable bonds is 17. The van der Waals surface area contributed by atoms with Crippen molar-refractivity contribution in [2.24, 2.45) is 9.98 Å². The number of allylic oxidation sites excluding steroid dienone is 8. The molecule has 66 heavy (non-hydrogen) atoms. The summed E-state index contributed by atoms with van der Waals surface area (Å²) >= 11 is 0. The summed E-state index contributed by atoms with van der Waals surface area (Å²) < 4.78 is 0. The first-order chi connectivity index (χ1) is 32.7. The van der Waals surface area contributed by atoms with Crippen molar-refractivity contribution >= 4 is 46.6 Å². The van der Waals surface area contributed by atoms with Gasteiger partial charge in [-0.1, -0.05) is 182 Å². The summed E-state index contributed by atoms with van der Waals surface area (Å²) in [7, 11) is 0. The van der Waals surface area contributed by atoms with Gasteiger partial charge in [-0.2, -0.15) is 0 Å². The van der Waals surface area contributed by atoms with Crippen LogP contribution in [0.5, 0.6) is 0 Å². The first-order valence-corrected chi connectivity index (χ1v) is 22.5. The summed E-state index contributed by atoms with van der Waals surface area (Å²) in [5.41, 5.74) is 13.2. The molecule has 0 heterocycles. The van der Waals surface area contributed by atoms with E-state index in [-0.39, 0.29) is 12.1 Å². The summed E-state index contributed by atoms with van der Waals surface area (Å²) in [6.45, 7) is 4.02. The molecule has 0 fully saturated rings. The summed E-state index contributed by atoms with van der Waals surface area (Å²) in [6.07, 6.45) is 19.8. The Labute approximate surface area is 390 Å². The minimum atomic E-state index is -0.230. The lowest BCUT2D eigenvalue weighted by atomic mass is 9.97. The number of hydrogen-bond donors (Lipinski definition) is 0. The lowest BCUT2D eigenvalue weighted by Crippen LogP contribution is -2.11. The molecule has 8 aromatic carbocycles. The standard InChI is InChI=1S/C62H54N4/c1-3-5-7-21-47-63-61(51-25-15-10-16-26-51)52-33-43-59(44-34-52)66(57-39-31-50(32-40-57)49-23-13-9-14-24-49)60-45-37-54(38-46-60)62(64-48-22-8-6-4-2)53-35-41-58(42-36-53)65(55-27-17-11-18-28-55)56-29-19-12-20-30-56/h3-48,61-62H,1-2H3/b5-3-,6-4-,21-7-,22-8-,63-47?,64-48?. The molecule has 4 nitrogen and oxygen atoms in total. The predicted molar refractivity (Wildman–Crippen MR) is 283 cm³/mol. The van der Waals surface area contributed by atoms with E-state index < -0.39 is 0 Å². The molecule has 0 saturated carbocycles. The average molecular weight is 855 g/mol. The zero-order valence-electron chi connectivity index (χ0n) is 37.5. The van der Waals surface area contributed by atoms with Gasteiger partial charge in [-0.05, 0) is 132 Å². The number of aliphatic imine (C=N–C) groups is 2. The number of para-hydroxylation sites is 2. The third-order valence-corrected chi connectivity index (χ3v) is 11.2. The van der Waals surface area contributed by atoms with Crippen LogP contribution in [-0.2, 0) is 0 Å². The Bertz CT molecular complexity index is 2840. The molecule has 0 aromatic heterocycles. The van der Waals surface area contributed by atoms with Gasteiger partial charge in [0.25, 0.3) is 0 Å². The topological polar surface area (TPSA) is 31.2 Å². The van der Waals surface area contributed by atoms with E-state index in [0.717, 1.165) is 56.4 Å². The molecule has 0 N–H and O–H groups in total. The van der Waals surface area contributed by atoms with Crippen molar-refractivity contribution < 1.29 is 0 Å². The number of nitrogens with zero attached hydrogens (tertiary/aromatic N) is 4. The smallest absolute Gasteiger partial charge is 0.0999 e. The molecule has 4 heteroatoms. The van der Waals surface area contributed by atoms with E-state index >= 15 is 0 Å². The zero-order chi connectivity index (χ0) is 45.2. The minimum Gasteiger partial charge on any atom is -0.311 e. The molecule has 8 aromatic rings. The van der Waals surface area contributed by atoms with Crippen molar-refractivity contribution in [1.82, 2.24) is 0 Å². The van der Waals surface area contributed by atoms with Gasteiger partial charge in [-0.3, -0.25) is 9.98 Å². The summed E-state index contributed by atoms with van der Waals surface area (Å²) in [4.78, 5) is 14.8. The monoisotopic (exact) mass is 854 g/mol. The number of benzene rings is 8. The van der Waals surface area contributed by atoms with Crippen LogP contribution in [0, 0.1) is 0 Å². The van der Waals surface area contributed by atoms with Crippen molar-refractivity contribution in [3.8, 4) is 11.1 Å². The van der Waals surface area contributed by atoms with Gasteiger partial charge in [0.1, 0.15) is 0 Å². The Morgan fingerprint density at radius 3 is 0.939 bits per heavy atom. The van der Waals surface area contributed by atoms with Crippen LogP contribution in [0.4, 0.5) is 34.1 Å². The van der Waals surface area contributed by atoms with Crippen LogP contribution < -0.4 is 9.80 Å². The van der Waals surface area contributed by atoms with Gasteiger partial charge in [0, 0.05) is 46.6 Å². The highest BCUT2D eigenvalue weighted by molar-refractivity contribution is 5.80. The molecule has 2 unspecified atom stereocenters. The maximum atomic E-state index is 5.15. The fraction of sp³-hybridized carbons (Fsp3) is 0.0645. The normalized spacial score (nSPS) is 12.8. The van der Waals surface area contributed by atoms with Gasteiger partial charge in [0.05, 0.1) is 12.1 Å². The third kappa shape index (κ3) is 11.2. The molecule has 0 bridgehead atoms. The van der Waals surface area contributed by atoms with Gasteiger partial charge in [-0.15, -0.1) is 0 Å². The zero-order valence-corrected chi connectivity index (χ0v) is 37.5. The Morgan fingerprint density at radius 1 is 0.288 bits per heavy atom. The molecule has 0 radical (unpaired) electrons. The number of anilines is 6. The largest absolute Gasteiger partial charge is 0.311 e. The van der Waals surface area contributed by atoms with Crippen LogP contribution in [-0.4, -0.2) is 12.4 Å². The average Bonchev–Trinajstić information content (AvgIpc) is 3.39. The fourth-order valence-corrected chi connectivity index (χ4v) is 7.99. The first-order valence-electron chi connectivity index (χ1n) is 22.5. The van der Waals surface area contributed by atoms with Gasteiger partial charge in [0.15, 0.2) is 0 Å². The summed E-state index contributed by atoms with van der Waals surface area (Å²) in [5, 5.41) is 0. The SMILES string of the molecule is C/C=C\C=C/C=NC(c1ccccc1)c1ccc(N(c2ccc(-c3ccccc3)cc2)c2ccc(C(N=C/C=C\C=C/C)c3ccc(N(c4ccccc4)c4ccccc4)cc3)cc2)cc1. The van der Waals surface area contributed by atoms with E-state index in [1.54, 1.807) is 0 Å². The summed E-state index contributed by atoms with van der Waals surface area (Å²) in [6, 6.07) is 76.9. The van der Waals surface area contributed by atoms with Crippen LogP contribution in [0.15, 0.2) is 277 Å². The summed E-state index contributed by atoms with van der Waals surface area (Å²) in [5.74, 6) is 0. The van der Waals surface area contributed by atoms with Crippen molar-refractivity contribution in [1.29, 1.82) is 0 Å². The van der Waals surface area contributed by atoms with Crippen molar-refractivity contribution in [3.63, 3.8) is 0 Å². The van der Waals surface area contributed by atoms with E-state index in [1.165, 1.54) is 11.1 Å². The fourth-order valence-electron chi connectivity index (χ4n) is 7.99. The van der Waals surface area contributed by atoms with Crippen LogP contribution >= 0.6 is 0 Å².